The molecule has 116 valence electrons. The summed E-state index contributed by atoms with van der Waals surface area (Å²) >= 11 is 0. The van der Waals surface area contributed by atoms with Gasteiger partial charge in [-0.05, 0) is 26.0 Å². The van der Waals surface area contributed by atoms with Gasteiger partial charge in [-0.2, -0.15) is 26.0 Å². The lowest BCUT2D eigenvalue weighted by Gasteiger charge is -1.95. The van der Waals surface area contributed by atoms with Crippen LogP contribution in [0.25, 0.3) is 0 Å². The molecule has 0 aromatic heterocycles. The maximum atomic E-state index is 10.5. The van der Waals surface area contributed by atoms with E-state index in [0.717, 1.165) is 0 Å². The third-order valence-corrected chi connectivity index (χ3v) is 2.34. The Balaban J connectivity index is 0.000000406. The first-order valence-electron chi connectivity index (χ1n) is 6.58. The molecule has 0 saturated heterocycles. The fourth-order valence-electron chi connectivity index (χ4n) is 1.07. The molecule has 0 radical (unpaired) electrons. The Labute approximate surface area is 129 Å². The molecule has 0 bridgehead atoms. The predicted octanol–water partition coefficient (Wildman–Crippen LogP) is 3.07. The highest BCUT2D eigenvalue weighted by Gasteiger charge is 2.02. The topological polar surface area (TPSA) is 119 Å². The van der Waals surface area contributed by atoms with Crippen molar-refractivity contribution in [2.75, 3.05) is 13.1 Å². The second kappa shape index (κ2) is 12.0. The molecule has 22 heavy (non-hydrogen) atoms. The van der Waals surface area contributed by atoms with Crippen LogP contribution >= 0.6 is 0 Å². The molecule has 0 spiro atoms. The fraction of sp³-hybridized carbons (Fsp3) is 0.400. The van der Waals surface area contributed by atoms with Crippen molar-refractivity contribution in [2.24, 2.45) is 22.1 Å². The minimum absolute atomic E-state index is 0.0915. The van der Waals surface area contributed by atoms with Crippen LogP contribution < -0.4 is 0 Å². The normalized spacial score (nSPS) is 12.2. The van der Waals surface area contributed by atoms with Crippen LogP contribution in [0.1, 0.15) is 24.2 Å². The van der Waals surface area contributed by atoms with E-state index in [-0.39, 0.29) is 11.8 Å². The third-order valence-electron chi connectivity index (χ3n) is 2.34. The molecule has 0 aliphatic heterocycles. The SMILES string of the molecule is CC(C#N)CN=NCC(C)C#N.O=C(OO)c1ccccc1. The standard InChI is InChI=1S/C8H12N4.C7H6O3/c1-7(3-9)5-11-12-6-8(2)4-10;8-7(10-9)6-4-2-1-3-5-6/h7-8H,5-6H2,1-2H3;1-5,9H. The van der Waals surface area contributed by atoms with Gasteiger partial charge in [0.2, 0.25) is 0 Å². The van der Waals surface area contributed by atoms with Crippen molar-refractivity contribution in [3.05, 3.63) is 35.9 Å². The summed E-state index contributed by atoms with van der Waals surface area (Å²) < 4.78 is 0. The van der Waals surface area contributed by atoms with Gasteiger partial charge in [0.1, 0.15) is 0 Å². The van der Waals surface area contributed by atoms with E-state index in [4.69, 9.17) is 15.8 Å². The Kier molecular flexibility index (Phi) is 10.5. The van der Waals surface area contributed by atoms with Crippen LogP contribution in [0.15, 0.2) is 40.6 Å². The highest BCUT2D eigenvalue weighted by Crippen LogP contribution is 1.99. The quantitative estimate of drug-likeness (QED) is 0.509. The number of carbonyl (C=O) groups is 1. The Bertz CT molecular complexity index is 522. The average Bonchev–Trinajstić information content (AvgIpc) is 2.58. The summed E-state index contributed by atoms with van der Waals surface area (Å²) in [7, 11) is 0. The predicted molar refractivity (Wildman–Crippen MR) is 78.6 cm³/mol. The molecule has 7 nitrogen and oxygen atoms in total. The van der Waals surface area contributed by atoms with Gasteiger partial charge in [-0.3, -0.25) is 4.89 Å². The summed E-state index contributed by atoms with van der Waals surface area (Å²) in [6.45, 7) is 4.42. The lowest BCUT2D eigenvalue weighted by atomic mass is 10.2. The van der Waals surface area contributed by atoms with Crippen LogP contribution in [0.5, 0.6) is 0 Å². The molecule has 0 fully saturated rings. The summed E-state index contributed by atoms with van der Waals surface area (Å²) in [5, 5.41) is 32.3. The number of azo groups is 1. The third kappa shape index (κ3) is 9.18. The van der Waals surface area contributed by atoms with Gasteiger partial charge in [-0.1, -0.05) is 18.2 Å². The van der Waals surface area contributed by atoms with E-state index in [0.29, 0.717) is 18.7 Å². The van der Waals surface area contributed by atoms with Crippen LogP contribution in [-0.2, 0) is 4.89 Å². The van der Waals surface area contributed by atoms with Gasteiger partial charge in [0.25, 0.3) is 0 Å². The minimum atomic E-state index is -0.736. The monoisotopic (exact) mass is 302 g/mol. The van der Waals surface area contributed by atoms with E-state index in [1.807, 2.05) is 12.1 Å². The number of rotatable bonds is 5. The highest BCUT2D eigenvalue weighted by atomic mass is 17.1. The molecule has 1 N–H and O–H groups in total. The molecule has 1 aromatic rings. The van der Waals surface area contributed by atoms with Crippen molar-refractivity contribution in [3.63, 3.8) is 0 Å². The molecule has 0 heterocycles. The van der Waals surface area contributed by atoms with Crippen molar-refractivity contribution in [1.29, 1.82) is 10.5 Å². The number of hydrogen-bond acceptors (Lipinski definition) is 7. The second-order valence-corrected chi connectivity index (χ2v) is 4.45. The number of carbonyl (C=O) groups excluding carboxylic acids is 1. The lowest BCUT2D eigenvalue weighted by Crippen LogP contribution is -2.00. The van der Waals surface area contributed by atoms with Crippen LogP contribution in [0, 0.1) is 34.5 Å². The fourth-order valence-corrected chi connectivity index (χ4v) is 1.07. The van der Waals surface area contributed by atoms with Crippen molar-refractivity contribution in [2.45, 2.75) is 13.8 Å². The molecular weight excluding hydrogens is 284 g/mol. The Morgan fingerprint density at radius 3 is 1.95 bits per heavy atom. The van der Waals surface area contributed by atoms with Gasteiger partial charge in [-0.15, -0.1) is 0 Å². The van der Waals surface area contributed by atoms with Crippen LogP contribution in [0.2, 0.25) is 0 Å². The maximum absolute atomic E-state index is 10.5. The van der Waals surface area contributed by atoms with Gasteiger partial charge in [0.15, 0.2) is 0 Å². The van der Waals surface area contributed by atoms with Crippen LogP contribution in [0.3, 0.4) is 0 Å². The molecule has 1 aromatic carbocycles. The van der Waals surface area contributed by atoms with E-state index >= 15 is 0 Å². The molecule has 0 amide bonds. The number of hydrogen-bond donors (Lipinski definition) is 1. The molecule has 2 atom stereocenters. The summed E-state index contributed by atoms with van der Waals surface area (Å²) in [5.74, 6) is -0.919. The van der Waals surface area contributed by atoms with Crippen LogP contribution in [-0.4, -0.2) is 24.3 Å². The van der Waals surface area contributed by atoms with Crippen molar-refractivity contribution >= 4 is 5.97 Å². The van der Waals surface area contributed by atoms with Crippen LogP contribution in [0.4, 0.5) is 0 Å². The first-order chi connectivity index (χ1) is 10.5. The molecular formula is C15H18N4O3. The molecule has 0 aliphatic carbocycles. The molecule has 1 rings (SSSR count). The number of nitrogens with zero attached hydrogens (tertiary/aromatic N) is 4. The van der Waals surface area contributed by atoms with Gasteiger partial charge < -0.3 is 0 Å². The Hall–Kier alpha value is -2.77. The van der Waals surface area contributed by atoms with Gasteiger partial charge in [0.05, 0.1) is 42.6 Å². The zero-order chi connectivity index (χ0) is 16.8. The van der Waals surface area contributed by atoms with E-state index in [1.54, 1.807) is 44.2 Å². The zero-order valence-corrected chi connectivity index (χ0v) is 12.5. The number of nitriles is 2. The first kappa shape index (κ1) is 19.2. The summed E-state index contributed by atoms with van der Waals surface area (Å²) in [4.78, 5) is 14.0. The molecule has 7 heteroatoms. The zero-order valence-electron chi connectivity index (χ0n) is 12.5. The van der Waals surface area contributed by atoms with Crippen molar-refractivity contribution < 1.29 is 14.9 Å². The summed E-state index contributed by atoms with van der Waals surface area (Å²) in [6.07, 6.45) is 0. The highest BCUT2D eigenvalue weighted by molar-refractivity contribution is 5.88. The first-order valence-corrected chi connectivity index (χ1v) is 6.58. The second-order valence-electron chi connectivity index (χ2n) is 4.45. The van der Waals surface area contributed by atoms with Gasteiger partial charge >= 0.3 is 5.97 Å². The van der Waals surface area contributed by atoms with Gasteiger partial charge in [-0.25, -0.2) is 4.79 Å². The smallest absolute Gasteiger partial charge is 0.296 e. The molecule has 0 aliphatic rings. The summed E-state index contributed by atoms with van der Waals surface area (Å²) in [5.41, 5.74) is 0.338. The minimum Gasteiger partial charge on any atom is -0.296 e. The lowest BCUT2D eigenvalue weighted by molar-refractivity contribution is -0.182. The van der Waals surface area contributed by atoms with Gasteiger partial charge in [0, 0.05) is 0 Å². The van der Waals surface area contributed by atoms with E-state index < -0.39 is 5.97 Å². The van der Waals surface area contributed by atoms with E-state index in [9.17, 15) is 4.79 Å². The van der Waals surface area contributed by atoms with Crippen molar-refractivity contribution in [3.8, 4) is 12.1 Å². The average molecular weight is 302 g/mol. The summed E-state index contributed by atoms with van der Waals surface area (Å²) in [6, 6.07) is 12.4. The largest absolute Gasteiger partial charge is 0.372 e. The molecule has 2 unspecified atom stereocenters. The Morgan fingerprint density at radius 2 is 1.59 bits per heavy atom. The Morgan fingerprint density at radius 1 is 1.14 bits per heavy atom. The van der Waals surface area contributed by atoms with E-state index in [2.05, 4.69) is 15.1 Å². The van der Waals surface area contributed by atoms with Crippen molar-refractivity contribution in [1.82, 2.24) is 0 Å². The number of benzene rings is 1. The maximum Gasteiger partial charge on any atom is 0.372 e. The van der Waals surface area contributed by atoms with E-state index in [1.165, 1.54) is 0 Å². The molecule has 0 saturated carbocycles.